The van der Waals surface area contributed by atoms with E-state index < -0.39 is 0 Å². The van der Waals surface area contributed by atoms with Crippen molar-refractivity contribution in [2.24, 2.45) is 0 Å². The number of carbonyl (C=O) groups is 1. The minimum Gasteiger partial charge on any atom is -0.493 e. The van der Waals surface area contributed by atoms with E-state index in [-0.39, 0.29) is 18.1 Å². The monoisotopic (exact) mass is 346 g/mol. The fourth-order valence-corrected chi connectivity index (χ4v) is 2.74. The van der Waals surface area contributed by atoms with Gasteiger partial charge in [0.05, 0.1) is 26.8 Å². The maximum atomic E-state index is 12.2. The molecular weight excluding hydrogens is 320 g/mol. The normalized spacial score (nSPS) is 13.0. The quantitative estimate of drug-likeness (QED) is 0.808. The lowest BCUT2D eigenvalue weighted by molar-refractivity contribution is 0.233. The van der Waals surface area contributed by atoms with Crippen LogP contribution in [0.15, 0.2) is 30.6 Å². The van der Waals surface area contributed by atoms with E-state index in [4.69, 9.17) is 9.47 Å². The summed E-state index contributed by atoms with van der Waals surface area (Å²) in [6, 6.07) is 5.22. The fourth-order valence-electron chi connectivity index (χ4n) is 2.74. The molecule has 0 saturated heterocycles. The van der Waals surface area contributed by atoms with Crippen LogP contribution in [-0.2, 0) is 6.54 Å². The van der Waals surface area contributed by atoms with Gasteiger partial charge in [-0.2, -0.15) is 5.10 Å². The topological polar surface area (TPSA) is 77.4 Å². The molecular formula is C18H26N4O3. The first kappa shape index (κ1) is 18.6. The number of aromatic nitrogens is 2. The van der Waals surface area contributed by atoms with Crippen molar-refractivity contribution in [1.29, 1.82) is 0 Å². The predicted molar refractivity (Wildman–Crippen MR) is 96.1 cm³/mol. The van der Waals surface area contributed by atoms with Crippen LogP contribution in [0.4, 0.5) is 4.79 Å². The summed E-state index contributed by atoms with van der Waals surface area (Å²) in [6.07, 6.45) is 3.58. The van der Waals surface area contributed by atoms with E-state index in [1.165, 1.54) is 0 Å². The molecule has 0 saturated carbocycles. The van der Waals surface area contributed by atoms with Crippen molar-refractivity contribution in [3.63, 3.8) is 0 Å². The highest BCUT2D eigenvalue weighted by Crippen LogP contribution is 2.32. The van der Waals surface area contributed by atoms with Crippen LogP contribution < -0.4 is 20.1 Å². The predicted octanol–water partition coefficient (Wildman–Crippen LogP) is 2.66. The molecule has 0 fully saturated rings. The summed E-state index contributed by atoms with van der Waals surface area (Å²) >= 11 is 0. The molecule has 25 heavy (non-hydrogen) atoms. The second-order valence-electron chi connectivity index (χ2n) is 6.03. The van der Waals surface area contributed by atoms with Gasteiger partial charge in [-0.1, -0.05) is 0 Å². The number of ether oxygens (including phenoxy) is 2. The number of nitrogens with one attached hydrogen (secondary N) is 2. The summed E-state index contributed by atoms with van der Waals surface area (Å²) in [4.78, 5) is 12.2. The zero-order chi connectivity index (χ0) is 18.4. The first-order chi connectivity index (χ1) is 11.9. The highest BCUT2D eigenvalue weighted by atomic mass is 16.5. The van der Waals surface area contributed by atoms with E-state index in [9.17, 15) is 4.79 Å². The molecule has 0 bridgehead atoms. The first-order valence-corrected chi connectivity index (χ1v) is 8.21. The smallest absolute Gasteiger partial charge is 0.315 e. The third kappa shape index (κ3) is 4.89. The molecule has 0 aliphatic heterocycles. The molecule has 2 aromatic rings. The Balaban J connectivity index is 1.98. The lowest BCUT2D eigenvalue weighted by Crippen LogP contribution is -2.43. The molecule has 136 valence electrons. The van der Waals surface area contributed by atoms with E-state index in [1.807, 2.05) is 45.2 Å². The number of carbonyl (C=O) groups excluding carboxylic acids is 1. The summed E-state index contributed by atoms with van der Waals surface area (Å²) in [6.45, 7) is 6.47. The molecule has 7 heteroatoms. The van der Waals surface area contributed by atoms with Gasteiger partial charge in [-0.25, -0.2) is 4.79 Å². The molecule has 2 N–H and O–H groups in total. The number of nitrogens with zero attached hydrogens (tertiary/aromatic N) is 2. The zero-order valence-corrected chi connectivity index (χ0v) is 15.4. The SMILES string of the molecule is COc1cc(C)c([C@@H](C)NC(=O)N[C@@H](C)Cn2cccn2)cc1OC. The highest BCUT2D eigenvalue weighted by Gasteiger charge is 2.16. The number of aryl methyl sites for hydroxylation is 1. The Labute approximate surface area is 148 Å². The molecule has 1 aromatic heterocycles. The van der Waals surface area contributed by atoms with Crippen LogP contribution in [-0.4, -0.2) is 36.1 Å². The number of amides is 2. The minimum absolute atomic E-state index is 0.0430. The van der Waals surface area contributed by atoms with E-state index >= 15 is 0 Å². The van der Waals surface area contributed by atoms with Crippen LogP contribution in [0.3, 0.4) is 0 Å². The van der Waals surface area contributed by atoms with E-state index in [1.54, 1.807) is 25.1 Å². The third-order valence-corrected chi connectivity index (χ3v) is 3.98. The maximum Gasteiger partial charge on any atom is 0.315 e. The van der Waals surface area contributed by atoms with Gasteiger partial charge in [0.1, 0.15) is 0 Å². The van der Waals surface area contributed by atoms with Crippen molar-refractivity contribution in [1.82, 2.24) is 20.4 Å². The standard InChI is InChI=1S/C18H26N4O3/c1-12-9-16(24-4)17(25-5)10-15(12)14(3)21-18(23)20-13(2)11-22-8-6-7-19-22/h6-10,13-14H,11H2,1-5H3,(H2,20,21,23)/t13-,14+/m0/s1. The van der Waals surface area contributed by atoms with Crippen molar-refractivity contribution < 1.29 is 14.3 Å². The van der Waals surface area contributed by atoms with Gasteiger partial charge >= 0.3 is 6.03 Å². The van der Waals surface area contributed by atoms with Crippen LogP contribution in [0.25, 0.3) is 0 Å². The van der Waals surface area contributed by atoms with E-state index in [2.05, 4.69) is 15.7 Å². The first-order valence-electron chi connectivity index (χ1n) is 8.21. The summed E-state index contributed by atoms with van der Waals surface area (Å²) in [5.74, 6) is 1.32. The molecule has 0 radical (unpaired) electrons. The third-order valence-electron chi connectivity index (χ3n) is 3.98. The van der Waals surface area contributed by atoms with Crippen molar-refractivity contribution >= 4 is 6.03 Å². The summed E-state index contributed by atoms with van der Waals surface area (Å²) < 4.78 is 12.4. The number of urea groups is 1. The second kappa shape index (κ2) is 8.41. The second-order valence-corrected chi connectivity index (χ2v) is 6.03. The Kier molecular flexibility index (Phi) is 6.27. The molecule has 2 atom stereocenters. The highest BCUT2D eigenvalue weighted by molar-refractivity contribution is 5.74. The number of hydrogen-bond acceptors (Lipinski definition) is 4. The molecule has 0 spiro atoms. The van der Waals surface area contributed by atoms with Gasteiger partial charge < -0.3 is 20.1 Å². The number of hydrogen-bond donors (Lipinski definition) is 2. The van der Waals surface area contributed by atoms with Crippen LogP contribution in [0.5, 0.6) is 11.5 Å². The van der Waals surface area contributed by atoms with Gasteiger partial charge in [0.25, 0.3) is 0 Å². The summed E-state index contributed by atoms with van der Waals surface area (Å²) in [5, 5.41) is 10.0. The Morgan fingerprint density at radius 1 is 1.20 bits per heavy atom. The lowest BCUT2D eigenvalue weighted by Gasteiger charge is -2.21. The maximum absolute atomic E-state index is 12.2. The van der Waals surface area contributed by atoms with Crippen LogP contribution >= 0.6 is 0 Å². The Bertz CT molecular complexity index is 701. The number of benzene rings is 1. The number of rotatable bonds is 7. The van der Waals surface area contributed by atoms with Crippen molar-refractivity contribution in [2.45, 2.75) is 39.4 Å². The van der Waals surface area contributed by atoms with Gasteiger partial charge in [0.2, 0.25) is 0 Å². The van der Waals surface area contributed by atoms with Crippen molar-refractivity contribution in [2.75, 3.05) is 14.2 Å². The molecule has 7 nitrogen and oxygen atoms in total. The van der Waals surface area contributed by atoms with Crippen LogP contribution in [0.2, 0.25) is 0 Å². The molecule has 0 unspecified atom stereocenters. The molecule has 1 aromatic carbocycles. The Hall–Kier alpha value is -2.70. The van der Waals surface area contributed by atoms with Gasteiger partial charge in [0, 0.05) is 18.4 Å². The molecule has 0 aliphatic carbocycles. The van der Waals surface area contributed by atoms with Gasteiger partial charge in [-0.15, -0.1) is 0 Å². The van der Waals surface area contributed by atoms with E-state index in [0.29, 0.717) is 18.0 Å². The minimum atomic E-state index is -0.221. The molecule has 1 heterocycles. The molecule has 0 aliphatic rings. The lowest BCUT2D eigenvalue weighted by atomic mass is 10.0. The molecule has 2 rings (SSSR count). The van der Waals surface area contributed by atoms with E-state index in [0.717, 1.165) is 11.1 Å². The average molecular weight is 346 g/mol. The number of methoxy groups -OCH3 is 2. The fraction of sp³-hybridized carbons (Fsp3) is 0.444. The Morgan fingerprint density at radius 3 is 2.48 bits per heavy atom. The zero-order valence-electron chi connectivity index (χ0n) is 15.4. The molecule has 2 amide bonds. The van der Waals surface area contributed by atoms with Crippen LogP contribution in [0, 0.1) is 6.92 Å². The summed E-state index contributed by atoms with van der Waals surface area (Å²) in [7, 11) is 3.20. The van der Waals surface area contributed by atoms with Crippen LogP contribution in [0.1, 0.15) is 31.0 Å². The average Bonchev–Trinajstić information content (AvgIpc) is 3.06. The summed E-state index contributed by atoms with van der Waals surface area (Å²) in [5.41, 5.74) is 2.00. The van der Waals surface area contributed by atoms with Gasteiger partial charge in [0.15, 0.2) is 11.5 Å². The van der Waals surface area contributed by atoms with Crippen molar-refractivity contribution in [3.8, 4) is 11.5 Å². The van der Waals surface area contributed by atoms with Crippen molar-refractivity contribution in [3.05, 3.63) is 41.7 Å². The largest absolute Gasteiger partial charge is 0.493 e. The van der Waals surface area contributed by atoms with Gasteiger partial charge in [-0.3, -0.25) is 4.68 Å². The Morgan fingerprint density at radius 2 is 1.88 bits per heavy atom. The van der Waals surface area contributed by atoms with Gasteiger partial charge in [-0.05, 0) is 50.1 Å².